The molecule has 0 aliphatic heterocycles. The van der Waals surface area contributed by atoms with Gasteiger partial charge in [0.25, 0.3) is 0 Å². The van der Waals surface area contributed by atoms with Crippen molar-refractivity contribution in [3.63, 3.8) is 0 Å². The quantitative estimate of drug-likeness (QED) is 0.157. The summed E-state index contributed by atoms with van der Waals surface area (Å²) in [4.78, 5) is 0. The molecular formula is C85H49F2N7. The van der Waals surface area contributed by atoms with Crippen LogP contribution in [0.15, 0.2) is 297 Å². The highest BCUT2D eigenvalue weighted by atomic mass is 19.1. The van der Waals surface area contributed by atoms with Gasteiger partial charge in [0.1, 0.15) is 11.6 Å². The smallest absolute Gasteiger partial charge is 0.126 e. The summed E-state index contributed by atoms with van der Waals surface area (Å²) in [6.07, 6.45) is 0. The molecule has 0 saturated heterocycles. The van der Waals surface area contributed by atoms with E-state index >= 15 is 8.78 Å². The Hall–Kier alpha value is -12.8. The number of fused-ring (bicyclic) bond motifs is 18. The van der Waals surface area contributed by atoms with Gasteiger partial charge in [-0.3, -0.25) is 0 Å². The van der Waals surface area contributed by atoms with E-state index in [2.05, 4.69) is 300 Å². The van der Waals surface area contributed by atoms with Gasteiger partial charge < -0.3 is 27.4 Å². The van der Waals surface area contributed by atoms with Crippen molar-refractivity contribution in [3.05, 3.63) is 314 Å². The summed E-state index contributed by atoms with van der Waals surface area (Å²) < 4.78 is 47.3. The number of nitriles is 1. The molecule has 0 fully saturated rings. The van der Waals surface area contributed by atoms with Crippen LogP contribution in [0.5, 0.6) is 0 Å². The minimum Gasteiger partial charge on any atom is -0.309 e. The second-order valence-electron chi connectivity index (χ2n) is 24.6. The number of benzene rings is 14. The molecule has 6 heterocycles. The molecule has 20 rings (SSSR count). The number of para-hydroxylation sites is 8. The third kappa shape index (κ3) is 7.33. The zero-order chi connectivity index (χ0) is 62.0. The molecule has 0 saturated carbocycles. The maximum Gasteiger partial charge on any atom is 0.126 e. The standard InChI is InChI=1S/C85H49F2N7/c86-53-43-52(44-54(87)45-53)85-83(93-79-46-55(89-71-25-9-1-17-59(71)60-18-2-10-26-72(60)89)33-37-67(79)68-38-34-56(47-80(68)93)90-73-27-11-3-19-61(73)62-20-4-12-28-74(62)90)41-51(50-88)42-84(85)94-81-48-57(91-75-29-13-5-21-63(75)64-22-6-14-30-76(64)91)35-39-69(81)70-40-36-58(49-82(70)94)92-77-31-15-7-23-65(77)66-24-8-16-32-78(66)92/h1-49H. The molecule has 94 heavy (non-hydrogen) atoms. The van der Waals surface area contributed by atoms with Crippen LogP contribution in [0, 0.1) is 23.0 Å². The zero-order valence-electron chi connectivity index (χ0n) is 50.2. The predicted molar refractivity (Wildman–Crippen MR) is 383 cm³/mol. The van der Waals surface area contributed by atoms with Gasteiger partial charge in [-0.25, -0.2) is 8.78 Å². The summed E-state index contributed by atoms with van der Waals surface area (Å²) in [5.74, 6) is -1.46. The Kier molecular flexibility index (Phi) is 10.9. The molecule has 0 spiro atoms. The molecule has 14 aromatic carbocycles. The van der Waals surface area contributed by atoms with Gasteiger partial charge in [-0.2, -0.15) is 5.26 Å². The second-order valence-corrected chi connectivity index (χ2v) is 24.6. The Morgan fingerprint density at radius 2 is 0.447 bits per heavy atom. The molecule has 0 aliphatic rings. The Bertz CT molecular complexity index is 5790. The molecule has 0 N–H and O–H groups in total. The summed E-state index contributed by atoms with van der Waals surface area (Å²) in [5.41, 5.74) is 17.7. The first-order valence-electron chi connectivity index (χ1n) is 31.6. The Labute approximate surface area is 535 Å². The van der Waals surface area contributed by atoms with E-state index < -0.39 is 11.6 Å². The first-order chi connectivity index (χ1) is 46.4. The topological polar surface area (TPSA) is 53.4 Å². The fourth-order valence-corrected chi connectivity index (χ4v) is 15.9. The summed E-state index contributed by atoms with van der Waals surface area (Å²) >= 11 is 0. The monoisotopic (exact) mass is 1210 g/mol. The molecule has 0 atom stereocenters. The number of hydrogen-bond donors (Lipinski definition) is 0. The minimum absolute atomic E-state index is 0.297. The van der Waals surface area contributed by atoms with Gasteiger partial charge in [-0.05, 0) is 127 Å². The van der Waals surface area contributed by atoms with Gasteiger partial charge in [0, 0.05) is 99.0 Å². The highest BCUT2D eigenvalue weighted by molar-refractivity contribution is 6.17. The Morgan fingerprint density at radius 1 is 0.223 bits per heavy atom. The van der Waals surface area contributed by atoms with Crippen LogP contribution in [0.4, 0.5) is 8.78 Å². The Morgan fingerprint density at radius 3 is 0.681 bits per heavy atom. The predicted octanol–water partition coefficient (Wildman–Crippen LogP) is 22.1. The maximum absolute atomic E-state index is 16.8. The molecule has 0 aliphatic carbocycles. The molecule has 0 bridgehead atoms. The van der Waals surface area contributed by atoms with Crippen LogP contribution in [-0.4, -0.2) is 27.4 Å². The average Bonchev–Trinajstić information content (AvgIpc) is 1.52. The summed E-state index contributed by atoms with van der Waals surface area (Å²) in [6.45, 7) is 0. The summed E-state index contributed by atoms with van der Waals surface area (Å²) in [5, 5.41) is 24.6. The van der Waals surface area contributed by atoms with E-state index in [-0.39, 0.29) is 0 Å². The number of hydrogen-bond acceptors (Lipinski definition) is 1. The van der Waals surface area contributed by atoms with E-state index in [0.29, 0.717) is 28.1 Å². The molecule has 438 valence electrons. The van der Waals surface area contributed by atoms with Gasteiger partial charge in [0.2, 0.25) is 0 Å². The van der Waals surface area contributed by atoms with E-state index in [0.717, 1.165) is 160 Å². The lowest BCUT2D eigenvalue weighted by atomic mass is 9.97. The average molecular weight is 1210 g/mol. The van der Waals surface area contributed by atoms with Crippen LogP contribution < -0.4 is 0 Å². The van der Waals surface area contributed by atoms with Crippen molar-refractivity contribution in [1.29, 1.82) is 5.26 Å². The third-order valence-corrected chi connectivity index (χ3v) is 19.7. The SMILES string of the molecule is N#Cc1cc(-n2c3cc(-n4c5ccccc5c5ccccc54)ccc3c3ccc(-n4c5ccccc5c5ccccc54)cc32)c(-c2cc(F)cc(F)c2)c(-n2c3cc(-n4c5ccccc5c5ccccc54)ccc3c3ccc(-n4c5ccccc5c5ccccc54)cc32)c1. The lowest BCUT2D eigenvalue weighted by Gasteiger charge is -2.22. The van der Waals surface area contributed by atoms with Crippen LogP contribution in [0.3, 0.4) is 0 Å². The van der Waals surface area contributed by atoms with Gasteiger partial charge in [0.05, 0.1) is 89.2 Å². The van der Waals surface area contributed by atoms with Gasteiger partial charge in [0.15, 0.2) is 0 Å². The summed E-state index contributed by atoms with van der Waals surface area (Å²) in [6, 6.07) is 105. The second kappa shape index (κ2) is 19.6. The number of rotatable bonds is 7. The van der Waals surface area contributed by atoms with E-state index in [1.165, 1.54) is 12.1 Å². The van der Waals surface area contributed by atoms with Gasteiger partial charge in [-0.15, -0.1) is 0 Å². The normalized spacial score (nSPS) is 12.1. The fraction of sp³-hybridized carbons (Fsp3) is 0. The van der Waals surface area contributed by atoms with Crippen molar-refractivity contribution in [2.45, 2.75) is 0 Å². The van der Waals surface area contributed by atoms with Crippen molar-refractivity contribution in [2.75, 3.05) is 0 Å². The van der Waals surface area contributed by atoms with Crippen molar-refractivity contribution in [1.82, 2.24) is 27.4 Å². The molecule has 6 aromatic heterocycles. The van der Waals surface area contributed by atoms with Crippen LogP contribution in [-0.2, 0) is 0 Å². The molecule has 0 radical (unpaired) electrons. The van der Waals surface area contributed by atoms with E-state index in [4.69, 9.17) is 0 Å². The third-order valence-electron chi connectivity index (χ3n) is 19.7. The largest absolute Gasteiger partial charge is 0.309 e. The highest BCUT2D eigenvalue weighted by Gasteiger charge is 2.27. The molecule has 20 aromatic rings. The lowest BCUT2D eigenvalue weighted by molar-refractivity contribution is 0.584. The number of halogens is 2. The van der Waals surface area contributed by atoms with E-state index in [1.54, 1.807) is 0 Å². The van der Waals surface area contributed by atoms with Crippen LogP contribution in [0.25, 0.3) is 176 Å². The van der Waals surface area contributed by atoms with Crippen LogP contribution in [0.2, 0.25) is 0 Å². The van der Waals surface area contributed by atoms with E-state index in [1.807, 2.05) is 12.1 Å². The molecule has 0 amide bonds. The van der Waals surface area contributed by atoms with E-state index in [9.17, 15) is 5.26 Å². The van der Waals surface area contributed by atoms with Crippen molar-refractivity contribution in [3.8, 4) is 51.3 Å². The van der Waals surface area contributed by atoms with Crippen LogP contribution in [0.1, 0.15) is 5.56 Å². The van der Waals surface area contributed by atoms with Gasteiger partial charge in [-0.1, -0.05) is 170 Å². The Balaban J connectivity index is 0.953. The van der Waals surface area contributed by atoms with Crippen molar-refractivity contribution < 1.29 is 8.78 Å². The highest BCUT2D eigenvalue weighted by Crippen LogP contribution is 2.47. The minimum atomic E-state index is -0.731. The fourth-order valence-electron chi connectivity index (χ4n) is 15.9. The molecule has 9 heteroatoms. The first kappa shape index (κ1) is 52.0. The number of nitrogens with zero attached hydrogens (tertiary/aromatic N) is 7. The summed E-state index contributed by atoms with van der Waals surface area (Å²) in [7, 11) is 0. The molecule has 0 unspecified atom stereocenters. The molecule has 7 nitrogen and oxygen atoms in total. The maximum atomic E-state index is 16.8. The van der Waals surface area contributed by atoms with Crippen molar-refractivity contribution >= 4 is 131 Å². The molecular weight excluding hydrogens is 1160 g/mol. The van der Waals surface area contributed by atoms with Crippen LogP contribution >= 0.6 is 0 Å². The lowest BCUT2D eigenvalue weighted by Crippen LogP contribution is -2.06. The number of aromatic nitrogens is 6. The zero-order valence-corrected chi connectivity index (χ0v) is 50.2. The van der Waals surface area contributed by atoms with Gasteiger partial charge >= 0.3 is 0 Å². The van der Waals surface area contributed by atoms with Crippen molar-refractivity contribution in [2.24, 2.45) is 0 Å². The first-order valence-corrected chi connectivity index (χ1v) is 31.6.